The van der Waals surface area contributed by atoms with E-state index in [0.29, 0.717) is 0 Å². The molecule has 0 unspecified atom stereocenters. The number of ether oxygens (including phenoxy) is 1. The number of fused-ring (bicyclic) bond motifs is 2. The molecule has 0 bridgehead atoms. The van der Waals surface area contributed by atoms with Crippen molar-refractivity contribution in [2.75, 3.05) is 4.90 Å². The number of rotatable bonds is 7. The Morgan fingerprint density at radius 2 is 1.18 bits per heavy atom. The summed E-state index contributed by atoms with van der Waals surface area (Å²) in [6.45, 7) is 11.1. The molecule has 0 spiro atoms. The van der Waals surface area contributed by atoms with Crippen LogP contribution in [0.1, 0.15) is 59.8 Å². The molecule has 57 heavy (non-hydrogen) atoms. The standard InChI is InChI=1S/C53H45N3O/c1-36-17-15-18-37(2)51(36)39-31-38(47-35-40(28-30-54-47)52(3,4)5)32-44(33-39)57-43-22-16-19-41(34-43)53(50-27-13-14-29-55-50)45-23-9-11-25-48(45)56(42-20-7-6-8-21-42)49-26-12-10-24-46(49)53/h6-35H,1-5H3. The van der Waals surface area contributed by atoms with Crippen LogP contribution in [-0.4, -0.2) is 9.97 Å². The van der Waals surface area contributed by atoms with Crippen molar-refractivity contribution < 1.29 is 4.74 Å². The van der Waals surface area contributed by atoms with Crippen molar-refractivity contribution in [3.05, 3.63) is 221 Å². The van der Waals surface area contributed by atoms with Crippen LogP contribution in [0.25, 0.3) is 22.4 Å². The van der Waals surface area contributed by atoms with Crippen LogP contribution in [0.15, 0.2) is 182 Å². The van der Waals surface area contributed by atoms with Gasteiger partial charge in [0.2, 0.25) is 0 Å². The summed E-state index contributed by atoms with van der Waals surface area (Å²) < 4.78 is 7.00. The van der Waals surface area contributed by atoms with E-state index in [1.165, 1.54) is 22.3 Å². The van der Waals surface area contributed by atoms with Crippen molar-refractivity contribution in [3.8, 4) is 33.9 Å². The third-order valence-corrected chi connectivity index (χ3v) is 11.3. The number of hydrogen-bond acceptors (Lipinski definition) is 4. The lowest BCUT2D eigenvalue weighted by molar-refractivity contribution is 0.481. The van der Waals surface area contributed by atoms with Crippen molar-refractivity contribution in [1.29, 1.82) is 0 Å². The maximum absolute atomic E-state index is 7.00. The van der Waals surface area contributed by atoms with Crippen molar-refractivity contribution in [3.63, 3.8) is 0 Å². The molecule has 4 nitrogen and oxygen atoms in total. The molecular weight excluding hydrogens is 695 g/mol. The van der Waals surface area contributed by atoms with Crippen LogP contribution in [0.2, 0.25) is 0 Å². The quantitative estimate of drug-likeness (QED) is 0.163. The molecule has 9 rings (SSSR count). The topological polar surface area (TPSA) is 38.2 Å². The maximum atomic E-state index is 7.00. The fourth-order valence-electron chi connectivity index (χ4n) is 8.62. The van der Waals surface area contributed by atoms with Crippen LogP contribution in [0.5, 0.6) is 11.5 Å². The van der Waals surface area contributed by atoms with Gasteiger partial charge in [0.05, 0.1) is 28.2 Å². The van der Waals surface area contributed by atoms with E-state index >= 15 is 0 Å². The molecule has 1 aliphatic heterocycles. The third-order valence-electron chi connectivity index (χ3n) is 11.3. The summed E-state index contributed by atoms with van der Waals surface area (Å²) in [4.78, 5) is 12.4. The number of pyridine rings is 2. The predicted octanol–water partition coefficient (Wildman–Crippen LogP) is 13.7. The molecule has 8 aromatic rings. The highest BCUT2D eigenvalue weighted by molar-refractivity contribution is 5.89. The van der Waals surface area contributed by atoms with Crippen LogP contribution in [0.4, 0.5) is 17.1 Å². The molecule has 0 atom stereocenters. The zero-order valence-corrected chi connectivity index (χ0v) is 33.1. The van der Waals surface area contributed by atoms with Gasteiger partial charge in [0.1, 0.15) is 11.5 Å². The monoisotopic (exact) mass is 739 g/mol. The number of nitrogens with zero attached hydrogens (tertiary/aromatic N) is 3. The van der Waals surface area contributed by atoms with E-state index in [1.54, 1.807) is 0 Å². The Labute approximate surface area is 336 Å². The van der Waals surface area contributed by atoms with Crippen LogP contribution >= 0.6 is 0 Å². The fourth-order valence-corrected chi connectivity index (χ4v) is 8.62. The summed E-state index contributed by atoms with van der Waals surface area (Å²) >= 11 is 0. The Hall–Kier alpha value is -6.78. The largest absolute Gasteiger partial charge is 0.457 e. The Morgan fingerprint density at radius 1 is 0.526 bits per heavy atom. The number of aryl methyl sites for hydroxylation is 2. The van der Waals surface area contributed by atoms with Gasteiger partial charge in [0.15, 0.2) is 0 Å². The number of aromatic nitrogens is 2. The van der Waals surface area contributed by atoms with Gasteiger partial charge in [-0.25, -0.2) is 0 Å². The van der Waals surface area contributed by atoms with E-state index in [4.69, 9.17) is 14.7 Å². The average molecular weight is 740 g/mol. The normalized spacial score (nSPS) is 13.1. The van der Waals surface area contributed by atoms with Gasteiger partial charge < -0.3 is 9.64 Å². The minimum absolute atomic E-state index is 0.0142. The molecular formula is C53H45N3O. The van der Waals surface area contributed by atoms with E-state index in [-0.39, 0.29) is 5.41 Å². The number of hydrogen-bond donors (Lipinski definition) is 0. The summed E-state index contributed by atoms with van der Waals surface area (Å²) in [5.74, 6) is 1.49. The van der Waals surface area contributed by atoms with E-state index in [0.717, 1.165) is 67.8 Å². The van der Waals surface area contributed by atoms with Gasteiger partial charge in [-0.15, -0.1) is 0 Å². The van der Waals surface area contributed by atoms with E-state index in [2.05, 4.69) is 203 Å². The smallest absolute Gasteiger partial charge is 0.128 e. The zero-order chi connectivity index (χ0) is 39.1. The van der Waals surface area contributed by atoms with Crippen LogP contribution < -0.4 is 9.64 Å². The van der Waals surface area contributed by atoms with Gasteiger partial charge in [-0.1, -0.05) is 112 Å². The summed E-state index contributed by atoms with van der Waals surface area (Å²) in [5.41, 5.74) is 14.7. The molecule has 4 heteroatoms. The Balaban J connectivity index is 1.23. The van der Waals surface area contributed by atoms with Gasteiger partial charge in [-0.05, 0) is 143 Å². The Morgan fingerprint density at radius 3 is 1.86 bits per heavy atom. The summed E-state index contributed by atoms with van der Waals surface area (Å²) in [5, 5.41) is 0. The molecule has 0 saturated heterocycles. The third kappa shape index (κ3) is 6.37. The van der Waals surface area contributed by atoms with Gasteiger partial charge >= 0.3 is 0 Å². The van der Waals surface area contributed by atoms with Gasteiger partial charge in [-0.2, -0.15) is 0 Å². The molecule has 3 heterocycles. The van der Waals surface area contributed by atoms with Gasteiger partial charge in [0, 0.05) is 23.6 Å². The van der Waals surface area contributed by atoms with Crippen molar-refractivity contribution in [2.24, 2.45) is 0 Å². The van der Waals surface area contributed by atoms with E-state index in [1.807, 2.05) is 18.5 Å². The Bertz CT molecular complexity index is 2660. The minimum atomic E-state index is -0.748. The first-order chi connectivity index (χ1) is 27.7. The second-order valence-electron chi connectivity index (χ2n) is 16.0. The lowest BCUT2D eigenvalue weighted by Gasteiger charge is -2.45. The number of para-hydroxylation sites is 3. The van der Waals surface area contributed by atoms with Crippen molar-refractivity contribution >= 4 is 17.1 Å². The summed E-state index contributed by atoms with van der Waals surface area (Å²) in [6.07, 6.45) is 3.82. The molecule has 0 amide bonds. The Kier molecular flexibility index (Phi) is 9.05. The van der Waals surface area contributed by atoms with E-state index in [9.17, 15) is 0 Å². The molecule has 1 aliphatic rings. The number of anilines is 3. The first-order valence-electron chi connectivity index (χ1n) is 19.6. The molecule has 0 fully saturated rings. The minimum Gasteiger partial charge on any atom is -0.457 e. The molecule has 0 N–H and O–H groups in total. The fraction of sp³-hybridized carbons (Fsp3) is 0.132. The summed E-state index contributed by atoms with van der Waals surface area (Å²) in [7, 11) is 0. The highest BCUT2D eigenvalue weighted by Gasteiger charge is 2.47. The van der Waals surface area contributed by atoms with Crippen molar-refractivity contribution in [1.82, 2.24) is 9.97 Å². The van der Waals surface area contributed by atoms with Crippen LogP contribution in [0, 0.1) is 13.8 Å². The molecule has 2 aromatic heterocycles. The molecule has 278 valence electrons. The lowest BCUT2D eigenvalue weighted by Crippen LogP contribution is -2.38. The zero-order valence-electron chi connectivity index (χ0n) is 33.1. The molecule has 0 aliphatic carbocycles. The molecule has 0 saturated carbocycles. The summed E-state index contributed by atoms with van der Waals surface area (Å²) in [6, 6.07) is 60.2. The van der Waals surface area contributed by atoms with Gasteiger partial charge in [-0.3, -0.25) is 9.97 Å². The second-order valence-corrected chi connectivity index (χ2v) is 16.0. The first kappa shape index (κ1) is 35.9. The molecule has 6 aromatic carbocycles. The van der Waals surface area contributed by atoms with E-state index < -0.39 is 5.41 Å². The maximum Gasteiger partial charge on any atom is 0.128 e. The van der Waals surface area contributed by atoms with Crippen LogP contribution in [0.3, 0.4) is 0 Å². The highest BCUT2D eigenvalue weighted by atomic mass is 16.5. The average Bonchev–Trinajstić information content (AvgIpc) is 3.23. The highest BCUT2D eigenvalue weighted by Crippen LogP contribution is 2.57. The van der Waals surface area contributed by atoms with Gasteiger partial charge in [0.25, 0.3) is 0 Å². The predicted molar refractivity (Wildman–Crippen MR) is 234 cm³/mol. The van der Waals surface area contributed by atoms with Crippen molar-refractivity contribution in [2.45, 2.75) is 45.4 Å². The van der Waals surface area contributed by atoms with Crippen LogP contribution in [-0.2, 0) is 10.8 Å². The lowest BCUT2D eigenvalue weighted by atomic mass is 9.64. The second kappa shape index (κ2) is 14.4. The SMILES string of the molecule is Cc1cccc(C)c1-c1cc(Oc2cccc(C3(c4ccccn4)c4ccccc4N(c4ccccc4)c4ccccc43)c2)cc(-c2cc(C(C)(C)C)ccn2)c1. The molecule has 0 radical (unpaired) electrons. The number of benzene rings is 6. The first-order valence-corrected chi connectivity index (χ1v) is 19.6.